The Labute approximate surface area is 115 Å². The van der Waals surface area contributed by atoms with Crippen molar-refractivity contribution in [1.82, 2.24) is 0 Å². The monoisotopic (exact) mass is 274 g/mol. The Morgan fingerprint density at radius 3 is 1.53 bits per heavy atom. The summed E-state index contributed by atoms with van der Waals surface area (Å²) in [5.74, 6) is -0.897. The van der Waals surface area contributed by atoms with E-state index < -0.39 is 11.9 Å². The van der Waals surface area contributed by atoms with Crippen molar-refractivity contribution < 1.29 is 23.8 Å². The van der Waals surface area contributed by atoms with Crippen LogP contribution in [0.3, 0.4) is 0 Å². The molecule has 0 saturated heterocycles. The van der Waals surface area contributed by atoms with Gasteiger partial charge in [-0.05, 0) is 26.7 Å². The van der Waals surface area contributed by atoms with Gasteiger partial charge in [0.2, 0.25) is 0 Å². The number of hydrogen-bond donors (Lipinski definition) is 0. The van der Waals surface area contributed by atoms with Crippen LogP contribution in [0.15, 0.2) is 0 Å². The Kier molecular flexibility index (Phi) is 10.2. The highest BCUT2D eigenvalue weighted by Gasteiger charge is 2.12. The highest BCUT2D eigenvalue weighted by Crippen LogP contribution is 2.02. The molecule has 0 heterocycles. The molecule has 0 aromatic rings. The molecule has 2 unspecified atom stereocenters. The zero-order chi connectivity index (χ0) is 14.7. The van der Waals surface area contributed by atoms with Crippen molar-refractivity contribution in [1.29, 1.82) is 0 Å². The van der Waals surface area contributed by atoms with Crippen molar-refractivity contribution in [3.8, 4) is 0 Å². The highest BCUT2D eigenvalue weighted by molar-refractivity contribution is 5.73. The van der Waals surface area contributed by atoms with E-state index in [4.69, 9.17) is 14.2 Å². The topological polar surface area (TPSA) is 61.8 Å². The molecule has 0 bridgehead atoms. The number of carbonyl (C=O) groups is 2. The predicted octanol–water partition coefficient (Wildman–Crippen LogP) is 2.47. The molecule has 2 atom stereocenters. The Balaban J connectivity index is 3.66. The maximum absolute atomic E-state index is 11.3. The van der Waals surface area contributed by atoms with Crippen LogP contribution in [0.2, 0.25) is 0 Å². The lowest BCUT2D eigenvalue weighted by Crippen LogP contribution is -2.23. The molecule has 19 heavy (non-hydrogen) atoms. The molecule has 112 valence electrons. The Morgan fingerprint density at radius 1 is 0.842 bits per heavy atom. The van der Waals surface area contributed by atoms with Crippen LogP contribution >= 0.6 is 0 Å². The average Bonchev–Trinajstić information content (AvgIpc) is 2.28. The molecule has 0 N–H and O–H groups in total. The number of esters is 2. The third kappa shape index (κ3) is 10.5. The summed E-state index contributed by atoms with van der Waals surface area (Å²) in [6.45, 7) is 7.28. The summed E-state index contributed by atoms with van der Waals surface area (Å²) in [5, 5.41) is 0. The first-order chi connectivity index (χ1) is 8.99. The van der Waals surface area contributed by atoms with Crippen LogP contribution in [0.4, 0.5) is 0 Å². The van der Waals surface area contributed by atoms with Gasteiger partial charge in [0.15, 0.2) is 0 Å². The molecule has 0 aliphatic carbocycles. The van der Waals surface area contributed by atoms with Gasteiger partial charge in [-0.25, -0.2) is 9.59 Å². The first kappa shape index (κ1) is 17.9. The molecule has 0 aliphatic rings. The van der Waals surface area contributed by atoms with Gasteiger partial charge in [0, 0.05) is 0 Å². The molecule has 0 aliphatic heterocycles. The fourth-order valence-corrected chi connectivity index (χ4v) is 1.67. The van der Waals surface area contributed by atoms with Gasteiger partial charge in [-0.3, -0.25) is 0 Å². The van der Waals surface area contributed by atoms with Gasteiger partial charge >= 0.3 is 11.9 Å². The third-order valence-electron chi connectivity index (χ3n) is 2.50. The normalized spacial score (nSPS) is 13.7. The minimum absolute atomic E-state index is 0.113. The maximum Gasteiger partial charge on any atom is 0.332 e. The van der Waals surface area contributed by atoms with Crippen LogP contribution in [0, 0.1) is 0 Å². The largest absolute Gasteiger partial charge is 0.461 e. The van der Waals surface area contributed by atoms with Crippen LogP contribution in [-0.4, -0.2) is 37.4 Å². The Morgan fingerprint density at radius 2 is 1.21 bits per heavy atom. The van der Waals surface area contributed by atoms with Crippen LogP contribution in [-0.2, 0) is 23.8 Å². The Bertz CT molecular complexity index is 239. The SMILES string of the molecule is CCCC(C)OC(=O)COCC(=O)OC(C)CCC. The van der Waals surface area contributed by atoms with E-state index in [2.05, 4.69) is 0 Å². The highest BCUT2D eigenvalue weighted by atomic mass is 16.6. The smallest absolute Gasteiger partial charge is 0.332 e. The van der Waals surface area contributed by atoms with Crippen LogP contribution < -0.4 is 0 Å². The maximum atomic E-state index is 11.3. The van der Waals surface area contributed by atoms with Crippen molar-refractivity contribution in [2.24, 2.45) is 0 Å². The molecular formula is C14H26O5. The first-order valence-electron chi connectivity index (χ1n) is 6.96. The summed E-state index contributed by atoms with van der Waals surface area (Å²) in [7, 11) is 0. The first-order valence-corrected chi connectivity index (χ1v) is 6.96. The van der Waals surface area contributed by atoms with Crippen molar-refractivity contribution in [3.05, 3.63) is 0 Å². The van der Waals surface area contributed by atoms with Gasteiger partial charge in [-0.2, -0.15) is 0 Å². The van der Waals surface area contributed by atoms with Crippen molar-refractivity contribution in [3.63, 3.8) is 0 Å². The van der Waals surface area contributed by atoms with E-state index in [-0.39, 0.29) is 25.4 Å². The van der Waals surface area contributed by atoms with Crippen LogP contribution in [0.1, 0.15) is 53.4 Å². The number of rotatable bonds is 10. The molecule has 0 aromatic heterocycles. The molecule has 0 rings (SSSR count). The summed E-state index contributed by atoms with van der Waals surface area (Å²) in [6.07, 6.45) is 3.33. The quantitative estimate of drug-likeness (QED) is 0.573. The fourth-order valence-electron chi connectivity index (χ4n) is 1.67. The summed E-state index contributed by atoms with van der Waals surface area (Å²) < 4.78 is 15.1. The van der Waals surface area contributed by atoms with Crippen LogP contribution in [0.5, 0.6) is 0 Å². The van der Waals surface area contributed by atoms with E-state index in [0.29, 0.717) is 0 Å². The zero-order valence-electron chi connectivity index (χ0n) is 12.4. The summed E-state index contributed by atoms with van der Waals surface area (Å²) >= 11 is 0. The summed E-state index contributed by atoms with van der Waals surface area (Å²) in [4.78, 5) is 22.7. The lowest BCUT2D eigenvalue weighted by atomic mass is 10.2. The van der Waals surface area contributed by atoms with E-state index in [1.54, 1.807) is 0 Å². The summed E-state index contributed by atoms with van der Waals surface area (Å²) in [6, 6.07) is 0. The predicted molar refractivity (Wildman–Crippen MR) is 71.7 cm³/mol. The van der Waals surface area contributed by atoms with Crippen molar-refractivity contribution in [2.75, 3.05) is 13.2 Å². The molecular weight excluding hydrogens is 248 g/mol. The molecule has 0 saturated carbocycles. The van der Waals surface area contributed by atoms with E-state index in [1.165, 1.54) is 0 Å². The second-order valence-electron chi connectivity index (χ2n) is 4.67. The molecule has 0 radical (unpaired) electrons. The van der Waals surface area contributed by atoms with Crippen molar-refractivity contribution >= 4 is 11.9 Å². The second-order valence-corrected chi connectivity index (χ2v) is 4.67. The van der Waals surface area contributed by atoms with E-state index in [0.717, 1.165) is 25.7 Å². The van der Waals surface area contributed by atoms with Crippen molar-refractivity contribution in [2.45, 2.75) is 65.6 Å². The standard InChI is InChI=1S/C14H26O5/c1-5-7-11(3)18-13(15)9-17-10-14(16)19-12(4)8-6-2/h11-12H,5-10H2,1-4H3. The third-order valence-corrected chi connectivity index (χ3v) is 2.50. The molecule has 0 fully saturated rings. The number of ether oxygens (including phenoxy) is 3. The molecule has 0 amide bonds. The van der Waals surface area contributed by atoms with Gasteiger partial charge in [-0.1, -0.05) is 26.7 Å². The zero-order valence-corrected chi connectivity index (χ0v) is 12.4. The number of carbonyl (C=O) groups excluding carboxylic acids is 2. The van der Waals surface area contributed by atoms with Gasteiger partial charge in [-0.15, -0.1) is 0 Å². The Hall–Kier alpha value is -1.10. The lowest BCUT2D eigenvalue weighted by molar-refractivity contribution is -0.160. The molecule has 0 aromatic carbocycles. The average molecular weight is 274 g/mol. The molecule has 0 spiro atoms. The van der Waals surface area contributed by atoms with E-state index in [9.17, 15) is 9.59 Å². The number of hydrogen-bond acceptors (Lipinski definition) is 5. The molecule has 5 nitrogen and oxygen atoms in total. The summed E-state index contributed by atoms with van der Waals surface area (Å²) in [5.41, 5.74) is 0. The fraction of sp³-hybridized carbons (Fsp3) is 0.857. The van der Waals surface area contributed by atoms with Gasteiger partial charge in [0.05, 0.1) is 12.2 Å². The van der Waals surface area contributed by atoms with E-state index in [1.807, 2.05) is 27.7 Å². The second kappa shape index (κ2) is 10.8. The lowest BCUT2D eigenvalue weighted by Gasteiger charge is -2.13. The van der Waals surface area contributed by atoms with E-state index >= 15 is 0 Å². The van der Waals surface area contributed by atoms with Gasteiger partial charge in [0.25, 0.3) is 0 Å². The minimum Gasteiger partial charge on any atom is -0.461 e. The van der Waals surface area contributed by atoms with Gasteiger partial charge < -0.3 is 14.2 Å². The van der Waals surface area contributed by atoms with Gasteiger partial charge in [0.1, 0.15) is 13.2 Å². The molecule has 5 heteroatoms. The minimum atomic E-state index is -0.449. The van der Waals surface area contributed by atoms with Crippen LogP contribution in [0.25, 0.3) is 0 Å².